The van der Waals surface area contributed by atoms with Gasteiger partial charge in [0, 0.05) is 13.2 Å². The van der Waals surface area contributed by atoms with Crippen molar-refractivity contribution >= 4 is 0 Å². The summed E-state index contributed by atoms with van der Waals surface area (Å²) in [6.07, 6.45) is 3.34. The summed E-state index contributed by atoms with van der Waals surface area (Å²) in [5.41, 5.74) is 3.87. The molecule has 3 heterocycles. The Hall–Kier alpha value is -1.72. The average Bonchev–Trinajstić information content (AvgIpc) is 2.96. The fourth-order valence-corrected chi connectivity index (χ4v) is 2.75. The van der Waals surface area contributed by atoms with Gasteiger partial charge in [-0.25, -0.2) is 9.67 Å². The SMILES string of the molecule is CCOCc1cccc(-c2cc(C)nn2C2CCCCO2)n1. The first-order valence-electron chi connectivity index (χ1n) is 7.99. The van der Waals surface area contributed by atoms with Crippen LogP contribution in [0.1, 0.15) is 43.8 Å². The standard InChI is InChI=1S/C17H23N3O2/c1-3-21-12-14-7-6-8-15(18-14)16-11-13(2)19-20(16)17-9-4-5-10-22-17/h6-8,11,17H,3-5,9-10,12H2,1-2H3. The van der Waals surface area contributed by atoms with Crippen molar-refractivity contribution in [2.45, 2.75) is 45.9 Å². The molecule has 22 heavy (non-hydrogen) atoms. The Morgan fingerprint density at radius 1 is 1.36 bits per heavy atom. The van der Waals surface area contributed by atoms with Gasteiger partial charge in [-0.05, 0) is 51.3 Å². The molecule has 1 aliphatic heterocycles. The third-order valence-corrected chi connectivity index (χ3v) is 3.81. The lowest BCUT2D eigenvalue weighted by Crippen LogP contribution is -2.20. The van der Waals surface area contributed by atoms with Crippen molar-refractivity contribution in [2.75, 3.05) is 13.2 Å². The van der Waals surface area contributed by atoms with Gasteiger partial charge in [-0.3, -0.25) is 0 Å². The molecule has 2 aromatic heterocycles. The van der Waals surface area contributed by atoms with Crippen molar-refractivity contribution in [3.8, 4) is 11.4 Å². The summed E-state index contributed by atoms with van der Waals surface area (Å²) < 4.78 is 13.3. The quantitative estimate of drug-likeness (QED) is 0.848. The van der Waals surface area contributed by atoms with Gasteiger partial charge in [0.1, 0.15) is 0 Å². The maximum absolute atomic E-state index is 5.88. The van der Waals surface area contributed by atoms with E-state index in [2.05, 4.69) is 11.2 Å². The minimum atomic E-state index is 0.0230. The van der Waals surface area contributed by atoms with E-state index in [1.807, 2.05) is 36.7 Å². The summed E-state index contributed by atoms with van der Waals surface area (Å²) >= 11 is 0. The zero-order valence-electron chi connectivity index (χ0n) is 13.3. The minimum Gasteiger partial charge on any atom is -0.375 e. The Kier molecular flexibility index (Phi) is 4.85. The Balaban J connectivity index is 1.90. The van der Waals surface area contributed by atoms with Gasteiger partial charge < -0.3 is 9.47 Å². The molecule has 3 rings (SSSR count). The number of aryl methyl sites for hydroxylation is 1. The van der Waals surface area contributed by atoms with Crippen LogP contribution in [-0.4, -0.2) is 28.0 Å². The van der Waals surface area contributed by atoms with E-state index in [-0.39, 0.29) is 6.23 Å². The fraction of sp³-hybridized carbons (Fsp3) is 0.529. The maximum Gasteiger partial charge on any atom is 0.150 e. The van der Waals surface area contributed by atoms with E-state index in [0.29, 0.717) is 13.2 Å². The second kappa shape index (κ2) is 7.03. The molecule has 1 atom stereocenters. The van der Waals surface area contributed by atoms with Crippen molar-refractivity contribution in [1.82, 2.24) is 14.8 Å². The first kappa shape index (κ1) is 15.2. The van der Waals surface area contributed by atoms with E-state index in [1.165, 1.54) is 6.42 Å². The molecule has 118 valence electrons. The van der Waals surface area contributed by atoms with Crippen LogP contribution in [0.3, 0.4) is 0 Å². The predicted octanol–water partition coefficient (Wildman–Crippen LogP) is 3.49. The molecule has 5 heteroatoms. The van der Waals surface area contributed by atoms with E-state index in [0.717, 1.165) is 42.2 Å². The Morgan fingerprint density at radius 2 is 2.27 bits per heavy atom. The summed E-state index contributed by atoms with van der Waals surface area (Å²) in [4.78, 5) is 4.71. The van der Waals surface area contributed by atoms with Gasteiger partial charge in [-0.1, -0.05) is 6.07 Å². The second-order valence-electron chi connectivity index (χ2n) is 5.59. The molecule has 0 amide bonds. The summed E-state index contributed by atoms with van der Waals surface area (Å²) in [7, 11) is 0. The third kappa shape index (κ3) is 3.36. The molecule has 0 aliphatic carbocycles. The monoisotopic (exact) mass is 301 g/mol. The first-order chi connectivity index (χ1) is 10.8. The van der Waals surface area contributed by atoms with Gasteiger partial charge in [0.15, 0.2) is 6.23 Å². The second-order valence-corrected chi connectivity index (χ2v) is 5.59. The minimum absolute atomic E-state index is 0.0230. The molecule has 1 fully saturated rings. The summed E-state index contributed by atoms with van der Waals surface area (Å²) in [6.45, 7) is 6.03. The zero-order chi connectivity index (χ0) is 15.4. The van der Waals surface area contributed by atoms with E-state index in [4.69, 9.17) is 14.5 Å². The van der Waals surface area contributed by atoms with Crippen LogP contribution in [-0.2, 0) is 16.1 Å². The highest BCUT2D eigenvalue weighted by Gasteiger charge is 2.21. The molecule has 0 bridgehead atoms. The van der Waals surface area contributed by atoms with Gasteiger partial charge in [0.2, 0.25) is 0 Å². The smallest absolute Gasteiger partial charge is 0.150 e. The van der Waals surface area contributed by atoms with Crippen molar-refractivity contribution in [2.24, 2.45) is 0 Å². The topological polar surface area (TPSA) is 49.2 Å². The van der Waals surface area contributed by atoms with Crippen LogP contribution in [0, 0.1) is 6.92 Å². The number of rotatable bonds is 5. The van der Waals surface area contributed by atoms with Gasteiger partial charge in [-0.15, -0.1) is 0 Å². The molecule has 5 nitrogen and oxygen atoms in total. The molecule has 0 saturated carbocycles. The predicted molar refractivity (Wildman–Crippen MR) is 84.4 cm³/mol. The van der Waals surface area contributed by atoms with Crippen LogP contribution >= 0.6 is 0 Å². The van der Waals surface area contributed by atoms with Crippen molar-refractivity contribution in [3.05, 3.63) is 35.7 Å². The largest absolute Gasteiger partial charge is 0.375 e. The number of hydrogen-bond acceptors (Lipinski definition) is 4. The van der Waals surface area contributed by atoms with Crippen LogP contribution in [0.15, 0.2) is 24.3 Å². The first-order valence-corrected chi connectivity index (χ1v) is 7.99. The third-order valence-electron chi connectivity index (χ3n) is 3.81. The summed E-state index contributed by atoms with van der Waals surface area (Å²) in [5, 5.41) is 4.62. The number of aromatic nitrogens is 3. The Labute approximate surface area is 131 Å². The maximum atomic E-state index is 5.88. The molecular weight excluding hydrogens is 278 g/mol. The van der Waals surface area contributed by atoms with Crippen molar-refractivity contribution < 1.29 is 9.47 Å². The van der Waals surface area contributed by atoms with E-state index in [9.17, 15) is 0 Å². The molecule has 0 radical (unpaired) electrons. The van der Waals surface area contributed by atoms with Gasteiger partial charge in [-0.2, -0.15) is 5.10 Å². The molecule has 1 unspecified atom stereocenters. The van der Waals surface area contributed by atoms with Crippen LogP contribution < -0.4 is 0 Å². The van der Waals surface area contributed by atoms with E-state index >= 15 is 0 Å². The van der Waals surface area contributed by atoms with Crippen LogP contribution in [0.25, 0.3) is 11.4 Å². The molecule has 0 aromatic carbocycles. The Bertz CT molecular complexity index is 618. The summed E-state index contributed by atoms with van der Waals surface area (Å²) in [5.74, 6) is 0. The van der Waals surface area contributed by atoms with E-state index < -0.39 is 0 Å². The number of nitrogens with zero attached hydrogens (tertiary/aromatic N) is 3. The zero-order valence-corrected chi connectivity index (χ0v) is 13.3. The lowest BCUT2D eigenvalue weighted by atomic mass is 10.1. The highest BCUT2D eigenvalue weighted by atomic mass is 16.5. The molecule has 2 aromatic rings. The van der Waals surface area contributed by atoms with Crippen LogP contribution in [0.2, 0.25) is 0 Å². The Morgan fingerprint density at radius 3 is 3.05 bits per heavy atom. The molecular formula is C17H23N3O2. The van der Waals surface area contributed by atoms with Crippen LogP contribution in [0.4, 0.5) is 0 Å². The number of pyridine rings is 1. The molecule has 0 spiro atoms. The number of hydrogen-bond donors (Lipinski definition) is 0. The highest BCUT2D eigenvalue weighted by molar-refractivity contribution is 5.55. The molecule has 1 saturated heterocycles. The lowest BCUT2D eigenvalue weighted by molar-refractivity contribution is -0.0385. The lowest BCUT2D eigenvalue weighted by Gasteiger charge is -2.24. The average molecular weight is 301 g/mol. The van der Waals surface area contributed by atoms with Crippen LogP contribution in [0.5, 0.6) is 0 Å². The molecule has 0 N–H and O–H groups in total. The summed E-state index contributed by atoms with van der Waals surface area (Å²) in [6, 6.07) is 8.10. The van der Waals surface area contributed by atoms with Crippen molar-refractivity contribution in [3.63, 3.8) is 0 Å². The van der Waals surface area contributed by atoms with E-state index in [1.54, 1.807) is 0 Å². The van der Waals surface area contributed by atoms with Gasteiger partial charge >= 0.3 is 0 Å². The number of ether oxygens (including phenoxy) is 2. The van der Waals surface area contributed by atoms with Gasteiger partial charge in [0.25, 0.3) is 0 Å². The molecule has 1 aliphatic rings. The fourth-order valence-electron chi connectivity index (χ4n) is 2.75. The highest BCUT2D eigenvalue weighted by Crippen LogP contribution is 2.28. The van der Waals surface area contributed by atoms with Gasteiger partial charge in [0.05, 0.1) is 29.4 Å². The normalized spacial score (nSPS) is 18.5. The van der Waals surface area contributed by atoms with Crippen molar-refractivity contribution in [1.29, 1.82) is 0 Å².